The van der Waals surface area contributed by atoms with Crippen molar-refractivity contribution in [1.29, 1.82) is 0 Å². The predicted octanol–water partition coefficient (Wildman–Crippen LogP) is 2.26. The Morgan fingerprint density at radius 3 is 2.25 bits per heavy atom. The summed E-state index contributed by atoms with van der Waals surface area (Å²) in [6.07, 6.45) is 9.17. The second-order valence-corrected chi connectivity index (χ2v) is 9.58. The van der Waals surface area contributed by atoms with Gasteiger partial charge in [-0.15, -0.1) is 0 Å². The first-order chi connectivity index (χ1) is 11.3. The summed E-state index contributed by atoms with van der Waals surface area (Å²) >= 11 is 0. The Balaban J connectivity index is 1.34. The van der Waals surface area contributed by atoms with Crippen molar-refractivity contribution in [3.63, 3.8) is 0 Å². The highest BCUT2D eigenvalue weighted by molar-refractivity contribution is 7.89. The first-order valence-corrected chi connectivity index (χ1v) is 10.3. The van der Waals surface area contributed by atoms with Gasteiger partial charge in [0, 0.05) is 6.54 Å². The Morgan fingerprint density at radius 1 is 1.17 bits per heavy atom. The van der Waals surface area contributed by atoms with Gasteiger partial charge in [0.25, 0.3) is 15.9 Å². The van der Waals surface area contributed by atoms with Gasteiger partial charge in [-0.3, -0.25) is 4.79 Å². The van der Waals surface area contributed by atoms with Crippen molar-refractivity contribution in [1.82, 2.24) is 5.32 Å². The Labute approximate surface area is 142 Å². The van der Waals surface area contributed by atoms with Gasteiger partial charge in [-0.2, -0.15) is 0 Å². The van der Waals surface area contributed by atoms with E-state index in [9.17, 15) is 13.2 Å². The van der Waals surface area contributed by atoms with Crippen molar-refractivity contribution in [3.05, 3.63) is 17.9 Å². The average Bonchev–Trinajstić information content (AvgIpc) is 2.95. The van der Waals surface area contributed by atoms with E-state index in [2.05, 4.69) is 5.32 Å². The SMILES string of the molecule is NS(=O)(=O)c1ccc(C(=O)NCCC23CC4CC(CC(C4)C2)C3)o1. The van der Waals surface area contributed by atoms with Gasteiger partial charge in [0.05, 0.1) is 0 Å². The van der Waals surface area contributed by atoms with Gasteiger partial charge in [-0.25, -0.2) is 13.6 Å². The van der Waals surface area contributed by atoms with Crippen LogP contribution in [0.15, 0.2) is 21.6 Å². The lowest BCUT2D eigenvalue weighted by Gasteiger charge is -2.57. The second-order valence-electron chi connectivity index (χ2n) is 8.09. The number of primary sulfonamides is 1. The zero-order valence-electron chi connectivity index (χ0n) is 13.7. The number of furan rings is 1. The molecule has 4 bridgehead atoms. The number of hydrogen-bond acceptors (Lipinski definition) is 4. The van der Waals surface area contributed by atoms with Crippen molar-refractivity contribution in [3.8, 4) is 0 Å². The molecule has 1 amide bonds. The summed E-state index contributed by atoms with van der Waals surface area (Å²) in [7, 11) is -3.91. The minimum atomic E-state index is -3.91. The molecule has 24 heavy (non-hydrogen) atoms. The van der Waals surface area contributed by atoms with E-state index in [1.165, 1.54) is 50.7 Å². The number of sulfonamides is 1. The van der Waals surface area contributed by atoms with Crippen molar-refractivity contribution in [2.24, 2.45) is 28.3 Å². The molecule has 1 heterocycles. The Morgan fingerprint density at radius 2 is 1.75 bits per heavy atom. The largest absolute Gasteiger partial charge is 0.438 e. The van der Waals surface area contributed by atoms with Crippen LogP contribution in [0.1, 0.15) is 55.5 Å². The number of rotatable bonds is 5. The normalized spacial score (nSPS) is 34.5. The minimum Gasteiger partial charge on any atom is -0.438 e. The zero-order chi connectivity index (χ0) is 16.9. The Hall–Kier alpha value is -1.34. The van der Waals surface area contributed by atoms with Crippen LogP contribution in [-0.2, 0) is 10.0 Å². The maximum Gasteiger partial charge on any atom is 0.287 e. The summed E-state index contributed by atoms with van der Waals surface area (Å²) in [5.74, 6) is 2.30. The monoisotopic (exact) mass is 352 g/mol. The highest BCUT2D eigenvalue weighted by atomic mass is 32.2. The molecule has 132 valence electrons. The number of hydrogen-bond donors (Lipinski definition) is 2. The minimum absolute atomic E-state index is 0.00969. The molecule has 0 radical (unpaired) electrons. The average molecular weight is 352 g/mol. The molecule has 0 spiro atoms. The van der Waals surface area contributed by atoms with Crippen LogP contribution < -0.4 is 10.5 Å². The predicted molar refractivity (Wildman–Crippen MR) is 87.6 cm³/mol. The first-order valence-electron chi connectivity index (χ1n) is 8.74. The van der Waals surface area contributed by atoms with E-state index in [1.54, 1.807) is 0 Å². The molecule has 4 aliphatic carbocycles. The molecule has 5 rings (SSSR count). The first kappa shape index (κ1) is 16.1. The third-order valence-corrected chi connectivity index (χ3v) is 6.97. The highest BCUT2D eigenvalue weighted by Gasteiger charge is 2.50. The third-order valence-electron chi connectivity index (χ3n) is 6.19. The standard InChI is InChI=1S/C17H24N2O4S/c18-24(21,22)15-2-1-14(23-15)16(20)19-4-3-17-8-11-5-12(9-17)7-13(6-11)10-17/h1-2,11-13H,3-10H2,(H,19,20)(H2,18,21,22). The van der Waals surface area contributed by atoms with E-state index in [-0.39, 0.29) is 16.8 Å². The molecule has 0 aliphatic heterocycles. The summed E-state index contributed by atoms with van der Waals surface area (Å²) in [5.41, 5.74) is 0.414. The number of amides is 1. The maximum absolute atomic E-state index is 12.1. The van der Waals surface area contributed by atoms with Gasteiger partial charge in [0.1, 0.15) is 0 Å². The highest BCUT2D eigenvalue weighted by Crippen LogP contribution is 2.61. The van der Waals surface area contributed by atoms with Crippen LogP contribution in [0.5, 0.6) is 0 Å². The molecule has 4 saturated carbocycles. The molecule has 3 N–H and O–H groups in total. The van der Waals surface area contributed by atoms with Crippen molar-refractivity contribution < 1.29 is 17.6 Å². The molecule has 0 saturated heterocycles. The van der Waals surface area contributed by atoms with Gasteiger partial charge < -0.3 is 9.73 Å². The molecule has 4 aliphatic rings. The molecule has 7 heteroatoms. The van der Waals surface area contributed by atoms with Gasteiger partial charge >= 0.3 is 0 Å². The van der Waals surface area contributed by atoms with Crippen LogP contribution in [0.25, 0.3) is 0 Å². The quantitative estimate of drug-likeness (QED) is 0.848. The fraction of sp³-hybridized carbons (Fsp3) is 0.706. The summed E-state index contributed by atoms with van der Waals surface area (Å²) in [6.45, 7) is 0.608. The number of nitrogens with one attached hydrogen (secondary N) is 1. The lowest BCUT2D eigenvalue weighted by atomic mass is 9.49. The lowest BCUT2D eigenvalue weighted by molar-refractivity contribution is -0.0564. The van der Waals surface area contributed by atoms with Crippen LogP contribution in [0.3, 0.4) is 0 Å². The molecule has 6 nitrogen and oxygen atoms in total. The molecule has 1 aromatic rings. The van der Waals surface area contributed by atoms with Gasteiger partial charge in [0.15, 0.2) is 5.76 Å². The number of nitrogens with two attached hydrogens (primary N) is 1. The van der Waals surface area contributed by atoms with Crippen LogP contribution in [0, 0.1) is 23.2 Å². The summed E-state index contributed by atoms with van der Waals surface area (Å²) in [6, 6.07) is 2.56. The van der Waals surface area contributed by atoms with Crippen molar-refractivity contribution in [2.75, 3.05) is 6.54 Å². The van der Waals surface area contributed by atoms with E-state index in [4.69, 9.17) is 9.56 Å². The number of carbonyl (C=O) groups is 1. The summed E-state index contributed by atoms with van der Waals surface area (Å²) in [4.78, 5) is 12.1. The van der Waals surface area contributed by atoms with Crippen LogP contribution in [0.2, 0.25) is 0 Å². The van der Waals surface area contributed by atoms with E-state index in [0.717, 1.165) is 24.2 Å². The lowest BCUT2D eigenvalue weighted by Crippen LogP contribution is -2.47. The van der Waals surface area contributed by atoms with E-state index in [1.807, 2.05) is 0 Å². The fourth-order valence-electron chi connectivity index (χ4n) is 5.72. The molecule has 0 atom stereocenters. The van der Waals surface area contributed by atoms with Gasteiger partial charge in [-0.05, 0) is 80.2 Å². The number of carbonyl (C=O) groups excluding carboxylic acids is 1. The van der Waals surface area contributed by atoms with E-state index < -0.39 is 10.0 Å². The molecular formula is C17H24N2O4S. The zero-order valence-corrected chi connectivity index (χ0v) is 14.5. The fourth-order valence-corrected chi connectivity index (χ4v) is 6.18. The van der Waals surface area contributed by atoms with Crippen LogP contribution in [-0.4, -0.2) is 20.9 Å². The van der Waals surface area contributed by atoms with Gasteiger partial charge in [0.2, 0.25) is 5.09 Å². The van der Waals surface area contributed by atoms with Crippen LogP contribution in [0.4, 0.5) is 0 Å². The maximum atomic E-state index is 12.1. The Bertz CT molecular complexity index is 717. The molecular weight excluding hydrogens is 328 g/mol. The molecule has 0 aromatic carbocycles. The smallest absolute Gasteiger partial charge is 0.287 e. The molecule has 1 aromatic heterocycles. The third kappa shape index (κ3) is 2.99. The summed E-state index contributed by atoms with van der Waals surface area (Å²) in [5, 5.41) is 7.48. The van der Waals surface area contributed by atoms with E-state index in [0.29, 0.717) is 12.0 Å². The van der Waals surface area contributed by atoms with Crippen molar-refractivity contribution >= 4 is 15.9 Å². The van der Waals surface area contributed by atoms with E-state index >= 15 is 0 Å². The topological polar surface area (TPSA) is 102 Å². The van der Waals surface area contributed by atoms with Crippen molar-refractivity contribution in [2.45, 2.75) is 50.0 Å². The van der Waals surface area contributed by atoms with Gasteiger partial charge in [-0.1, -0.05) is 0 Å². The molecule has 0 unspecified atom stereocenters. The second kappa shape index (κ2) is 5.59. The Kier molecular flexibility index (Phi) is 3.76. The van der Waals surface area contributed by atoms with Crippen LogP contribution >= 0.6 is 0 Å². The summed E-state index contributed by atoms with van der Waals surface area (Å²) < 4.78 is 27.4. The molecule has 4 fully saturated rings.